The fourth-order valence-electron chi connectivity index (χ4n) is 1.75. The van der Waals surface area contributed by atoms with Crippen molar-refractivity contribution in [2.45, 2.75) is 19.3 Å². The van der Waals surface area contributed by atoms with Crippen LogP contribution >= 0.6 is 0 Å². The van der Waals surface area contributed by atoms with Crippen molar-refractivity contribution in [1.82, 2.24) is 5.01 Å². The van der Waals surface area contributed by atoms with Crippen molar-refractivity contribution in [3.63, 3.8) is 0 Å². The molecule has 2 rings (SSSR count). The van der Waals surface area contributed by atoms with Crippen molar-refractivity contribution in [2.75, 3.05) is 7.05 Å². The summed E-state index contributed by atoms with van der Waals surface area (Å²) in [5, 5.41) is 6.22. The number of hydrogen-bond donors (Lipinski definition) is 0. The Balaban J connectivity index is 2.38. The maximum atomic E-state index is 4.51. The Morgan fingerprint density at radius 1 is 1.18 bits per heavy atom. The molecule has 0 atom stereocenters. The van der Waals surface area contributed by atoms with Crippen LogP contribution in [0.5, 0.6) is 0 Å². The minimum atomic E-state index is -0.153. The van der Waals surface area contributed by atoms with E-state index >= 15 is 0 Å². The van der Waals surface area contributed by atoms with Crippen LogP contribution in [0, 0.1) is 0 Å². The highest BCUT2D eigenvalue weighted by Crippen LogP contribution is 2.26. The van der Waals surface area contributed by atoms with Gasteiger partial charge in [-0.05, 0) is 5.56 Å². The summed E-state index contributed by atoms with van der Waals surface area (Å²) in [6, 6.07) is 10.3. The Morgan fingerprint density at radius 3 is 2.41 bits per heavy atom. The molecule has 0 aromatic heterocycles. The average molecular weight is 227 g/mol. The number of benzene rings is 1. The predicted octanol–water partition coefficient (Wildman–Crippen LogP) is 2.81. The second kappa shape index (κ2) is 4.17. The van der Waals surface area contributed by atoms with Crippen LogP contribution in [0.15, 0.2) is 52.8 Å². The Morgan fingerprint density at radius 2 is 1.82 bits per heavy atom. The third kappa shape index (κ3) is 2.13. The monoisotopic (exact) mass is 227 g/mol. The molecule has 1 aliphatic heterocycles. The van der Waals surface area contributed by atoms with Crippen molar-refractivity contribution < 1.29 is 0 Å². The molecular weight excluding hydrogens is 210 g/mol. The zero-order chi connectivity index (χ0) is 12.5. The van der Waals surface area contributed by atoms with Gasteiger partial charge in [-0.3, -0.25) is 5.01 Å². The second-order valence-corrected chi connectivity index (χ2v) is 4.67. The predicted molar refractivity (Wildman–Crippen MR) is 72.3 cm³/mol. The molecule has 1 aliphatic rings. The molecule has 1 aromatic rings. The molecular formula is C14H17N3. The van der Waals surface area contributed by atoms with Crippen molar-refractivity contribution in [3.05, 3.63) is 48.3 Å². The van der Waals surface area contributed by atoms with E-state index in [-0.39, 0.29) is 5.41 Å². The highest BCUT2D eigenvalue weighted by molar-refractivity contribution is 6.35. The minimum absolute atomic E-state index is 0.153. The van der Waals surface area contributed by atoms with E-state index in [2.05, 4.69) is 42.7 Å². The van der Waals surface area contributed by atoms with Gasteiger partial charge in [0.2, 0.25) is 0 Å². The topological polar surface area (TPSA) is 28.0 Å². The van der Waals surface area contributed by atoms with Crippen LogP contribution in [0.3, 0.4) is 0 Å². The van der Waals surface area contributed by atoms with E-state index in [1.807, 2.05) is 25.2 Å². The van der Waals surface area contributed by atoms with E-state index in [9.17, 15) is 0 Å². The van der Waals surface area contributed by atoms with Gasteiger partial charge in [-0.1, -0.05) is 50.8 Å². The van der Waals surface area contributed by atoms with Crippen LogP contribution < -0.4 is 0 Å². The quantitative estimate of drug-likeness (QED) is 0.763. The van der Waals surface area contributed by atoms with Crippen LogP contribution in [0.2, 0.25) is 0 Å². The number of hydrazone groups is 1. The first-order valence-electron chi connectivity index (χ1n) is 5.63. The van der Waals surface area contributed by atoms with Gasteiger partial charge < -0.3 is 0 Å². The van der Waals surface area contributed by atoms with Gasteiger partial charge in [0.05, 0.1) is 11.9 Å². The van der Waals surface area contributed by atoms with E-state index in [4.69, 9.17) is 0 Å². The van der Waals surface area contributed by atoms with Gasteiger partial charge in [-0.25, -0.2) is 4.99 Å². The van der Waals surface area contributed by atoms with Crippen LogP contribution in [-0.4, -0.2) is 24.0 Å². The number of rotatable bonds is 2. The lowest BCUT2D eigenvalue weighted by Gasteiger charge is -2.29. The molecule has 17 heavy (non-hydrogen) atoms. The van der Waals surface area contributed by atoms with Crippen molar-refractivity contribution in [1.29, 1.82) is 0 Å². The molecule has 3 nitrogen and oxygen atoms in total. The zero-order valence-corrected chi connectivity index (χ0v) is 10.5. The molecule has 0 spiro atoms. The van der Waals surface area contributed by atoms with E-state index in [0.717, 1.165) is 5.71 Å². The Bertz CT molecular complexity index is 483. The van der Waals surface area contributed by atoms with Crippen molar-refractivity contribution >= 4 is 11.9 Å². The first-order valence-corrected chi connectivity index (χ1v) is 5.63. The smallest absolute Gasteiger partial charge is 0.141 e. The maximum Gasteiger partial charge on any atom is 0.141 e. The molecule has 0 saturated carbocycles. The van der Waals surface area contributed by atoms with Crippen molar-refractivity contribution in [2.24, 2.45) is 10.1 Å². The summed E-state index contributed by atoms with van der Waals surface area (Å²) < 4.78 is 0. The molecule has 3 heteroatoms. The lowest BCUT2D eigenvalue weighted by molar-refractivity contribution is 0.435. The molecule has 88 valence electrons. The first kappa shape index (κ1) is 11.6. The fourth-order valence-corrected chi connectivity index (χ4v) is 1.75. The third-order valence-electron chi connectivity index (χ3n) is 3.10. The van der Waals surface area contributed by atoms with E-state index in [1.54, 1.807) is 11.2 Å². The molecule has 1 aromatic carbocycles. The van der Waals surface area contributed by atoms with Gasteiger partial charge in [-0.15, -0.1) is 0 Å². The van der Waals surface area contributed by atoms with Gasteiger partial charge >= 0.3 is 0 Å². The fraction of sp³-hybridized carbons (Fsp3) is 0.286. The summed E-state index contributed by atoms with van der Waals surface area (Å²) in [4.78, 5) is 4.26. The lowest BCUT2D eigenvalue weighted by Crippen LogP contribution is -2.34. The lowest BCUT2D eigenvalue weighted by atomic mass is 9.80. The minimum Gasteiger partial charge on any atom is -0.251 e. The summed E-state index contributed by atoms with van der Waals surface area (Å²) >= 11 is 0. The van der Waals surface area contributed by atoms with E-state index in [0.29, 0.717) is 5.82 Å². The second-order valence-electron chi connectivity index (χ2n) is 4.67. The summed E-state index contributed by atoms with van der Waals surface area (Å²) in [5.74, 6) is 0.664. The third-order valence-corrected chi connectivity index (χ3v) is 3.10. The standard InChI is InChI=1S/C14H17N3/c1-11-15-10-13(16-17(11)4)14(2,3)12-8-6-5-7-9-12/h5-10H,1H2,2-4H3. The van der Waals surface area contributed by atoms with Gasteiger partial charge in [0.25, 0.3) is 0 Å². The Kier molecular flexibility index (Phi) is 2.84. The summed E-state index contributed by atoms with van der Waals surface area (Å²) in [5.41, 5.74) is 2.02. The zero-order valence-electron chi connectivity index (χ0n) is 10.5. The van der Waals surface area contributed by atoms with Gasteiger partial charge in [0, 0.05) is 12.5 Å². The van der Waals surface area contributed by atoms with Crippen LogP contribution in [-0.2, 0) is 5.41 Å². The SMILES string of the molecule is C=C1N=CC(C(C)(C)c2ccccc2)=NN1C. The first-order chi connectivity index (χ1) is 8.01. The largest absolute Gasteiger partial charge is 0.251 e. The molecule has 0 bridgehead atoms. The molecule has 0 fully saturated rings. The Labute approximate surface area is 102 Å². The summed E-state index contributed by atoms with van der Waals surface area (Å²) in [6.07, 6.45) is 1.80. The summed E-state index contributed by atoms with van der Waals surface area (Å²) in [7, 11) is 1.86. The normalized spacial score (nSPS) is 16.1. The molecule has 0 amide bonds. The average Bonchev–Trinajstić information content (AvgIpc) is 2.33. The van der Waals surface area contributed by atoms with E-state index in [1.165, 1.54) is 5.56 Å². The van der Waals surface area contributed by atoms with Gasteiger partial charge in [0.15, 0.2) is 0 Å². The van der Waals surface area contributed by atoms with Gasteiger partial charge in [-0.2, -0.15) is 5.10 Å². The van der Waals surface area contributed by atoms with Crippen LogP contribution in [0.1, 0.15) is 19.4 Å². The van der Waals surface area contributed by atoms with Crippen LogP contribution in [0.4, 0.5) is 0 Å². The van der Waals surface area contributed by atoms with Crippen LogP contribution in [0.25, 0.3) is 0 Å². The highest BCUT2D eigenvalue weighted by atomic mass is 15.5. The molecule has 0 N–H and O–H groups in total. The molecule has 0 unspecified atom stereocenters. The molecule has 0 radical (unpaired) electrons. The number of hydrogen-bond acceptors (Lipinski definition) is 3. The van der Waals surface area contributed by atoms with E-state index < -0.39 is 0 Å². The number of nitrogens with zero attached hydrogens (tertiary/aromatic N) is 3. The summed E-state index contributed by atoms with van der Waals surface area (Å²) in [6.45, 7) is 8.10. The highest BCUT2D eigenvalue weighted by Gasteiger charge is 2.28. The molecule has 0 aliphatic carbocycles. The van der Waals surface area contributed by atoms with Gasteiger partial charge in [0.1, 0.15) is 5.82 Å². The molecule has 0 saturated heterocycles. The number of aliphatic imine (C=N–C) groups is 1. The maximum absolute atomic E-state index is 4.51. The Hall–Kier alpha value is -1.90. The van der Waals surface area contributed by atoms with Crippen molar-refractivity contribution in [3.8, 4) is 0 Å². The molecule has 1 heterocycles.